The summed E-state index contributed by atoms with van der Waals surface area (Å²) in [7, 11) is 0. The monoisotopic (exact) mass is 495 g/mol. The van der Waals surface area contributed by atoms with Crippen LogP contribution in [-0.2, 0) is 16.0 Å². The number of imide groups is 1. The van der Waals surface area contributed by atoms with E-state index in [-0.39, 0.29) is 11.8 Å². The summed E-state index contributed by atoms with van der Waals surface area (Å²) in [6, 6.07) is 16.6. The summed E-state index contributed by atoms with van der Waals surface area (Å²) in [5, 5.41) is 13.3. The number of carbonyl (C=O) groups is 2. The Morgan fingerprint density at radius 2 is 1.86 bits per heavy atom. The minimum atomic E-state index is -0.751. The lowest BCUT2D eigenvalue weighted by molar-refractivity contribution is -0.147. The molecule has 2 amide bonds. The van der Waals surface area contributed by atoms with Crippen molar-refractivity contribution in [1.29, 1.82) is 5.26 Å². The zero-order valence-electron chi connectivity index (χ0n) is 21.1. The Bertz CT molecular complexity index is 1090. The van der Waals surface area contributed by atoms with Gasteiger partial charge in [0.2, 0.25) is 5.91 Å². The number of carbonyl (C=O) groups excluding carboxylic acids is 2. The highest BCUT2D eigenvalue weighted by Crippen LogP contribution is 2.35. The Morgan fingerprint density at radius 1 is 1.20 bits per heavy atom. The fourth-order valence-corrected chi connectivity index (χ4v) is 4.57. The van der Waals surface area contributed by atoms with E-state index in [1.165, 1.54) is 4.90 Å². The molecule has 1 N–H and O–H groups in total. The molecule has 1 aliphatic heterocycles. The molecule has 0 bridgehead atoms. The SMILES string of the molecule is CCC1(C(=O)N(C(=O)OC(C)(C)C)C(C)[C@@H](Cc2ccc(Cl)cc2)c2cccc(C#N)c2)CNC1. The standard InChI is InChI=1S/C28H34ClN3O3/c1-6-28(17-31-18-28)25(33)32(26(34)35-27(3,4)5)19(2)24(15-20-10-12-23(29)13-11-20)22-9-7-8-21(14-22)16-30/h7-14,19,24,31H,6,15,17-18H2,1-5H3/t19?,24-/m1/s1. The van der Waals surface area contributed by atoms with Gasteiger partial charge in [0, 0.05) is 30.1 Å². The number of nitriles is 1. The molecule has 0 aliphatic carbocycles. The van der Waals surface area contributed by atoms with Crippen molar-refractivity contribution in [3.05, 3.63) is 70.2 Å². The fourth-order valence-electron chi connectivity index (χ4n) is 4.44. The van der Waals surface area contributed by atoms with Crippen LogP contribution in [0.4, 0.5) is 4.79 Å². The van der Waals surface area contributed by atoms with Crippen molar-refractivity contribution >= 4 is 23.6 Å². The van der Waals surface area contributed by atoms with Crippen LogP contribution in [-0.4, -0.2) is 41.6 Å². The summed E-state index contributed by atoms with van der Waals surface area (Å²) in [5.41, 5.74) is 1.04. The Kier molecular flexibility index (Phi) is 8.25. The number of ether oxygens (including phenoxy) is 1. The smallest absolute Gasteiger partial charge is 0.417 e. The summed E-state index contributed by atoms with van der Waals surface area (Å²) in [6.07, 6.45) is 0.528. The Labute approximate surface area is 213 Å². The number of hydrogen-bond donors (Lipinski definition) is 1. The third-order valence-electron chi connectivity index (χ3n) is 6.67. The zero-order valence-corrected chi connectivity index (χ0v) is 21.9. The van der Waals surface area contributed by atoms with Crippen molar-refractivity contribution in [3.8, 4) is 6.07 Å². The quantitative estimate of drug-likeness (QED) is 0.533. The third-order valence-corrected chi connectivity index (χ3v) is 6.92. The molecule has 0 aromatic heterocycles. The lowest BCUT2D eigenvalue weighted by Gasteiger charge is -2.45. The van der Waals surface area contributed by atoms with Crippen molar-refractivity contribution in [3.63, 3.8) is 0 Å². The molecule has 2 aromatic rings. The number of benzene rings is 2. The topological polar surface area (TPSA) is 82.4 Å². The molecule has 0 radical (unpaired) electrons. The molecule has 1 unspecified atom stereocenters. The van der Waals surface area contributed by atoms with Gasteiger partial charge in [-0.15, -0.1) is 0 Å². The Hall–Kier alpha value is -2.88. The maximum Gasteiger partial charge on any atom is 0.417 e. The number of nitrogens with zero attached hydrogens (tertiary/aromatic N) is 2. The lowest BCUT2D eigenvalue weighted by Crippen LogP contribution is -2.64. The van der Waals surface area contributed by atoms with Crippen molar-refractivity contribution in [2.45, 2.75) is 65.0 Å². The molecule has 186 valence electrons. The molecule has 0 spiro atoms. The van der Waals surface area contributed by atoms with Crippen molar-refractivity contribution < 1.29 is 14.3 Å². The van der Waals surface area contributed by atoms with Crippen LogP contribution < -0.4 is 5.32 Å². The predicted octanol–water partition coefficient (Wildman–Crippen LogP) is 5.69. The van der Waals surface area contributed by atoms with Crippen LogP contribution in [0.5, 0.6) is 0 Å². The highest BCUT2D eigenvalue weighted by atomic mass is 35.5. The normalized spacial score (nSPS) is 16.4. The summed E-state index contributed by atoms with van der Waals surface area (Å²) < 4.78 is 5.72. The van der Waals surface area contributed by atoms with Crippen LogP contribution in [0.1, 0.15) is 63.6 Å². The molecule has 2 atom stereocenters. The van der Waals surface area contributed by atoms with E-state index in [0.717, 1.165) is 11.1 Å². The van der Waals surface area contributed by atoms with Gasteiger partial charge in [0.1, 0.15) is 5.60 Å². The van der Waals surface area contributed by atoms with Gasteiger partial charge < -0.3 is 10.1 Å². The molecule has 1 fully saturated rings. The first-order valence-corrected chi connectivity index (χ1v) is 12.4. The van der Waals surface area contributed by atoms with Gasteiger partial charge in [0.25, 0.3) is 0 Å². The summed E-state index contributed by atoms with van der Waals surface area (Å²) >= 11 is 6.09. The molecule has 1 saturated heterocycles. The van der Waals surface area contributed by atoms with E-state index in [9.17, 15) is 14.9 Å². The lowest BCUT2D eigenvalue weighted by atomic mass is 9.76. The highest BCUT2D eigenvalue weighted by molar-refractivity contribution is 6.30. The average molecular weight is 496 g/mol. The highest BCUT2D eigenvalue weighted by Gasteiger charge is 2.49. The van der Waals surface area contributed by atoms with Crippen LogP contribution in [0.15, 0.2) is 48.5 Å². The Morgan fingerprint density at radius 3 is 2.37 bits per heavy atom. The van der Waals surface area contributed by atoms with Crippen LogP contribution in [0.2, 0.25) is 5.02 Å². The fraction of sp³-hybridized carbons (Fsp3) is 0.464. The third kappa shape index (κ3) is 6.22. The molecule has 3 rings (SSSR count). The molecular formula is C28H34ClN3O3. The van der Waals surface area contributed by atoms with Gasteiger partial charge in [-0.05, 0) is 75.9 Å². The molecule has 1 heterocycles. The second kappa shape index (κ2) is 10.8. The molecule has 7 heteroatoms. The summed E-state index contributed by atoms with van der Waals surface area (Å²) in [4.78, 5) is 28.7. The van der Waals surface area contributed by atoms with E-state index in [1.807, 2.05) is 56.3 Å². The van der Waals surface area contributed by atoms with Crippen molar-refractivity contribution in [1.82, 2.24) is 10.2 Å². The second-order valence-corrected chi connectivity index (χ2v) is 10.7. The second-order valence-electron chi connectivity index (χ2n) is 10.3. The maximum absolute atomic E-state index is 13.9. The van der Waals surface area contributed by atoms with E-state index in [1.54, 1.807) is 26.8 Å². The summed E-state index contributed by atoms with van der Waals surface area (Å²) in [6.45, 7) is 10.3. The maximum atomic E-state index is 13.9. The van der Waals surface area contributed by atoms with Gasteiger partial charge in [-0.25, -0.2) is 9.69 Å². The van der Waals surface area contributed by atoms with Gasteiger partial charge in [-0.1, -0.05) is 42.8 Å². The number of nitrogens with one attached hydrogen (secondary N) is 1. The number of rotatable bonds is 7. The predicted molar refractivity (Wildman–Crippen MR) is 137 cm³/mol. The number of amides is 2. The van der Waals surface area contributed by atoms with Crippen molar-refractivity contribution in [2.24, 2.45) is 5.41 Å². The van der Waals surface area contributed by atoms with E-state index in [0.29, 0.717) is 36.5 Å². The largest absolute Gasteiger partial charge is 0.443 e. The first-order chi connectivity index (χ1) is 16.5. The minimum absolute atomic E-state index is 0.224. The van der Waals surface area contributed by atoms with Crippen LogP contribution >= 0.6 is 11.6 Å². The number of hydrogen-bond acceptors (Lipinski definition) is 5. The molecule has 35 heavy (non-hydrogen) atoms. The van der Waals surface area contributed by atoms with Crippen LogP contribution in [0, 0.1) is 16.7 Å². The van der Waals surface area contributed by atoms with Gasteiger partial charge in [-0.2, -0.15) is 5.26 Å². The average Bonchev–Trinajstić information content (AvgIpc) is 2.77. The first-order valence-electron chi connectivity index (χ1n) is 12.0. The number of halogens is 1. The van der Waals surface area contributed by atoms with Crippen LogP contribution in [0.3, 0.4) is 0 Å². The molecule has 1 aliphatic rings. The first kappa shape index (κ1) is 26.7. The van der Waals surface area contributed by atoms with E-state index in [2.05, 4.69) is 11.4 Å². The molecule has 6 nitrogen and oxygen atoms in total. The van der Waals surface area contributed by atoms with E-state index >= 15 is 0 Å². The zero-order chi connectivity index (χ0) is 25.8. The molecular weight excluding hydrogens is 462 g/mol. The van der Waals surface area contributed by atoms with Crippen LogP contribution in [0.25, 0.3) is 0 Å². The van der Waals surface area contributed by atoms with E-state index in [4.69, 9.17) is 16.3 Å². The van der Waals surface area contributed by atoms with Gasteiger partial charge >= 0.3 is 6.09 Å². The minimum Gasteiger partial charge on any atom is -0.443 e. The molecule has 2 aromatic carbocycles. The van der Waals surface area contributed by atoms with E-state index < -0.39 is 23.2 Å². The summed E-state index contributed by atoms with van der Waals surface area (Å²) in [5.74, 6) is -0.485. The van der Waals surface area contributed by atoms with Crippen molar-refractivity contribution in [2.75, 3.05) is 13.1 Å². The van der Waals surface area contributed by atoms with Gasteiger partial charge in [0.15, 0.2) is 0 Å². The Balaban J connectivity index is 2.07. The molecule has 0 saturated carbocycles. The van der Waals surface area contributed by atoms with Gasteiger partial charge in [0.05, 0.1) is 17.0 Å². The van der Waals surface area contributed by atoms with Gasteiger partial charge in [-0.3, -0.25) is 4.79 Å².